The molecule has 0 aromatic heterocycles. The molecule has 0 amide bonds. The van der Waals surface area contributed by atoms with Gasteiger partial charge in [0, 0.05) is 18.7 Å². The molecule has 0 saturated heterocycles. The van der Waals surface area contributed by atoms with Crippen LogP contribution in [-0.4, -0.2) is 19.3 Å². The van der Waals surface area contributed by atoms with Crippen molar-refractivity contribution in [1.29, 1.82) is 0 Å². The van der Waals surface area contributed by atoms with Gasteiger partial charge in [0.1, 0.15) is 0 Å². The average molecular weight is 247 g/mol. The van der Waals surface area contributed by atoms with Crippen LogP contribution in [0.5, 0.6) is 0 Å². The lowest BCUT2D eigenvalue weighted by Gasteiger charge is -2.31. The molecule has 0 fully saturated rings. The van der Waals surface area contributed by atoms with Gasteiger partial charge in [0.15, 0.2) is 0 Å². The zero-order valence-corrected chi connectivity index (χ0v) is 12.0. The lowest BCUT2D eigenvalue weighted by atomic mass is 9.85. The maximum atomic E-state index is 5.50. The van der Waals surface area contributed by atoms with E-state index in [-0.39, 0.29) is 5.41 Å². The maximum absolute atomic E-state index is 5.50. The van der Waals surface area contributed by atoms with E-state index in [0.29, 0.717) is 12.1 Å². The fourth-order valence-electron chi connectivity index (χ4n) is 2.93. The van der Waals surface area contributed by atoms with E-state index in [1.807, 2.05) is 6.92 Å². The van der Waals surface area contributed by atoms with E-state index >= 15 is 0 Å². The summed E-state index contributed by atoms with van der Waals surface area (Å²) in [5.74, 6) is 0. The van der Waals surface area contributed by atoms with Crippen molar-refractivity contribution in [2.45, 2.75) is 46.2 Å². The van der Waals surface area contributed by atoms with E-state index in [2.05, 4.69) is 50.4 Å². The first kappa shape index (κ1) is 13.6. The summed E-state index contributed by atoms with van der Waals surface area (Å²) in [6, 6.07) is 9.62. The van der Waals surface area contributed by atoms with Gasteiger partial charge in [-0.15, -0.1) is 0 Å². The van der Waals surface area contributed by atoms with Crippen LogP contribution in [0.15, 0.2) is 24.3 Å². The summed E-state index contributed by atoms with van der Waals surface area (Å²) in [5, 5.41) is 3.74. The monoisotopic (exact) mass is 247 g/mol. The van der Waals surface area contributed by atoms with Crippen LogP contribution in [0, 0.1) is 5.41 Å². The third-order valence-electron chi connectivity index (χ3n) is 3.82. The van der Waals surface area contributed by atoms with Crippen molar-refractivity contribution < 1.29 is 4.74 Å². The molecule has 1 aromatic rings. The van der Waals surface area contributed by atoms with Crippen molar-refractivity contribution in [1.82, 2.24) is 5.32 Å². The predicted molar refractivity (Wildman–Crippen MR) is 75.8 cm³/mol. The molecule has 1 aliphatic rings. The first-order valence-corrected chi connectivity index (χ1v) is 6.96. The Bertz CT molecular complexity index is 400. The molecule has 0 bridgehead atoms. The Balaban J connectivity index is 2.11. The van der Waals surface area contributed by atoms with Gasteiger partial charge in [0.05, 0.1) is 6.61 Å². The first-order valence-electron chi connectivity index (χ1n) is 6.96. The third-order valence-corrected chi connectivity index (χ3v) is 3.82. The molecule has 2 heteroatoms. The maximum Gasteiger partial charge on any atom is 0.0616 e. The highest BCUT2D eigenvalue weighted by atomic mass is 16.5. The first-order chi connectivity index (χ1) is 8.54. The summed E-state index contributed by atoms with van der Waals surface area (Å²) in [6.07, 6.45) is 1.15. The van der Waals surface area contributed by atoms with E-state index in [9.17, 15) is 0 Å². The normalized spacial score (nSPS) is 22.8. The summed E-state index contributed by atoms with van der Waals surface area (Å²) in [6.45, 7) is 10.5. The Labute approximate surface area is 111 Å². The van der Waals surface area contributed by atoms with Crippen LogP contribution in [0.25, 0.3) is 0 Å². The molecule has 2 atom stereocenters. The van der Waals surface area contributed by atoms with Gasteiger partial charge in [-0.3, -0.25) is 0 Å². The molecule has 1 N–H and O–H groups in total. The molecule has 1 aliphatic carbocycles. The van der Waals surface area contributed by atoms with Crippen molar-refractivity contribution in [3.8, 4) is 0 Å². The second-order valence-electron chi connectivity index (χ2n) is 6.02. The third kappa shape index (κ3) is 2.76. The predicted octanol–water partition coefficient (Wildman–Crippen LogP) is 3.32. The highest BCUT2D eigenvalue weighted by Gasteiger charge is 2.38. The Hall–Kier alpha value is -0.860. The highest BCUT2D eigenvalue weighted by Crippen LogP contribution is 2.45. The largest absolute Gasteiger partial charge is 0.380 e. The van der Waals surface area contributed by atoms with E-state index in [1.54, 1.807) is 0 Å². The minimum atomic E-state index is 0.282. The Kier molecular flexibility index (Phi) is 4.08. The molecule has 18 heavy (non-hydrogen) atoms. The molecule has 0 spiro atoms. The molecule has 0 heterocycles. The van der Waals surface area contributed by atoms with Crippen molar-refractivity contribution >= 4 is 0 Å². The van der Waals surface area contributed by atoms with Crippen LogP contribution in [0.1, 0.15) is 44.9 Å². The molecule has 2 nitrogen and oxygen atoms in total. The van der Waals surface area contributed by atoms with Crippen LogP contribution in [0.3, 0.4) is 0 Å². The van der Waals surface area contributed by atoms with Gasteiger partial charge in [0.2, 0.25) is 0 Å². The highest BCUT2D eigenvalue weighted by molar-refractivity contribution is 5.37. The van der Waals surface area contributed by atoms with E-state index in [4.69, 9.17) is 4.74 Å². The molecule has 0 radical (unpaired) electrons. The van der Waals surface area contributed by atoms with Gasteiger partial charge in [0.25, 0.3) is 0 Å². The van der Waals surface area contributed by atoms with Gasteiger partial charge in [-0.05, 0) is 36.8 Å². The van der Waals surface area contributed by atoms with E-state index in [1.165, 1.54) is 11.1 Å². The minimum absolute atomic E-state index is 0.282. The zero-order valence-electron chi connectivity index (χ0n) is 12.0. The molecule has 0 saturated carbocycles. The number of rotatable bonds is 5. The van der Waals surface area contributed by atoms with E-state index < -0.39 is 0 Å². The van der Waals surface area contributed by atoms with Crippen LogP contribution < -0.4 is 5.32 Å². The van der Waals surface area contributed by atoms with Crippen molar-refractivity contribution in [3.05, 3.63) is 35.4 Å². The van der Waals surface area contributed by atoms with Crippen LogP contribution in [0.2, 0.25) is 0 Å². The van der Waals surface area contributed by atoms with Crippen molar-refractivity contribution in [2.24, 2.45) is 5.41 Å². The molecule has 1 aromatic carbocycles. The fourth-order valence-corrected chi connectivity index (χ4v) is 2.93. The minimum Gasteiger partial charge on any atom is -0.380 e. The van der Waals surface area contributed by atoms with Gasteiger partial charge in [-0.2, -0.15) is 0 Å². The SMILES string of the molecule is CCOCC(C)NC1c2ccccc2CC1(C)C. The smallest absolute Gasteiger partial charge is 0.0616 e. The summed E-state index contributed by atoms with van der Waals surface area (Å²) in [7, 11) is 0. The summed E-state index contributed by atoms with van der Waals surface area (Å²) in [4.78, 5) is 0. The number of ether oxygens (including phenoxy) is 1. The van der Waals surface area contributed by atoms with Crippen molar-refractivity contribution in [2.75, 3.05) is 13.2 Å². The topological polar surface area (TPSA) is 21.3 Å². The van der Waals surface area contributed by atoms with Gasteiger partial charge >= 0.3 is 0 Å². The summed E-state index contributed by atoms with van der Waals surface area (Å²) >= 11 is 0. The Morgan fingerprint density at radius 3 is 2.83 bits per heavy atom. The number of fused-ring (bicyclic) bond motifs is 1. The molecule has 100 valence electrons. The second kappa shape index (κ2) is 5.41. The number of hydrogen-bond acceptors (Lipinski definition) is 2. The molecular weight excluding hydrogens is 222 g/mol. The van der Waals surface area contributed by atoms with Crippen LogP contribution >= 0.6 is 0 Å². The average Bonchev–Trinajstić information content (AvgIpc) is 2.58. The number of nitrogens with one attached hydrogen (secondary N) is 1. The van der Waals surface area contributed by atoms with Crippen LogP contribution in [-0.2, 0) is 11.2 Å². The number of benzene rings is 1. The zero-order chi connectivity index (χ0) is 13.2. The van der Waals surface area contributed by atoms with Gasteiger partial charge in [-0.25, -0.2) is 0 Å². The molecular formula is C16H25NO. The van der Waals surface area contributed by atoms with Crippen molar-refractivity contribution in [3.63, 3.8) is 0 Å². The standard InChI is InChI=1S/C16H25NO/c1-5-18-11-12(2)17-15-14-9-7-6-8-13(14)10-16(15,3)4/h6-9,12,15,17H,5,10-11H2,1-4H3. The molecule has 0 aliphatic heterocycles. The number of hydrogen-bond donors (Lipinski definition) is 1. The lowest BCUT2D eigenvalue weighted by molar-refractivity contribution is 0.114. The quantitative estimate of drug-likeness (QED) is 0.862. The van der Waals surface area contributed by atoms with Crippen LogP contribution in [0.4, 0.5) is 0 Å². The van der Waals surface area contributed by atoms with Gasteiger partial charge < -0.3 is 10.1 Å². The second-order valence-corrected chi connectivity index (χ2v) is 6.02. The summed E-state index contributed by atoms with van der Waals surface area (Å²) < 4.78 is 5.50. The molecule has 2 rings (SSSR count). The lowest BCUT2D eigenvalue weighted by Crippen LogP contribution is -2.39. The Morgan fingerprint density at radius 1 is 1.39 bits per heavy atom. The molecule has 2 unspecified atom stereocenters. The van der Waals surface area contributed by atoms with E-state index in [0.717, 1.165) is 19.6 Å². The fraction of sp³-hybridized carbons (Fsp3) is 0.625. The van der Waals surface area contributed by atoms with Gasteiger partial charge in [-0.1, -0.05) is 38.1 Å². The summed E-state index contributed by atoms with van der Waals surface area (Å²) in [5.41, 5.74) is 3.24. The Morgan fingerprint density at radius 2 is 2.11 bits per heavy atom.